The van der Waals surface area contributed by atoms with Gasteiger partial charge in [-0.3, -0.25) is 14.3 Å². The summed E-state index contributed by atoms with van der Waals surface area (Å²) >= 11 is 0. The molecule has 6 heteroatoms. The lowest BCUT2D eigenvalue weighted by Crippen LogP contribution is -2.46. The zero-order chi connectivity index (χ0) is 14.9. The van der Waals surface area contributed by atoms with Crippen molar-refractivity contribution in [3.63, 3.8) is 0 Å². The number of aromatic nitrogens is 2. The van der Waals surface area contributed by atoms with E-state index in [9.17, 15) is 9.59 Å². The van der Waals surface area contributed by atoms with Crippen LogP contribution in [0.1, 0.15) is 42.7 Å². The zero-order valence-corrected chi connectivity index (χ0v) is 12.1. The topological polar surface area (TPSA) is 84.2 Å². The minimum absolute atomic E-state index is 0.0311. The van der Waals surface area contributed by atoms with Gasteiger partial charge < -0.3 is 10.4 Å². The summed E-state index contributed by atoms with van der Waals surface area (Å²) in [5, 5.41) is 15.9. The molecule has 1 amide bonds. The molecule has 0 unspecified atom stereocenters. The highest BCUT2D eigenvalue weighted by Crippen LogP contribution is 2.27. The second kappa shape index (κ2) is 5.64. The zero-order valence-electron chi connectivity index (χ0n) is 12.1. The van der Waals surface area contributed by atoms with Gasteiger partial charge in [0.05, 0.1) is 17.7 Å². The van der Waals surface area contributed by atoms with Gasteiger partial charge in [-0.15, -0.1) is 0 Å². The molecule has 2 N–H and O–H groups in total. The van der Waals surface area contributed by atoms with Crippen LogP contribution in [0, 0.1) is 18.8 Å². The van der Waals surface area contributed by atoms with Crippen LogP contribution in [0.15, 0.2) is 6.20 Å². The van der Waals surface area contributed by atoms with Crippen LogP contribution in [0.2, 0.25) is 0 Å². The van der Waals surface area contributed by atoms with E-state index in [4.69, 9.17) is 5.11 Å². The Morgan fingerprint density at radius 3 is 2.70 bits per heavy atom. The molecular weight excluding hydrogens is 258 g/mol. The molecule has 1 saturated carbocycles. The lowest BCUT2D eigenvalue weighted by molar-refractivity contribution is -0.145. The number of carboxylic acid groups (broad SMARTS) is 1. The van der Waals surface area contributed by atoms with E-state index in [-0.39, 0.29) is 17.9 Å². The highest BCUT2D eigenvalue weighted by atomic mass is 16.4. The van der Waals surface area contributed by atoms with E-state index in [1.54, 1.807) is 6.20 Å². The highest BCUT2D eigenvalue weighted by molar-refractivity contribution is 5.95. The number of carbonyl (C=O) groups is 2. The molecule has 20 heavy (non-hydrogen) atoms. The third kappa shape index (κ3) is 3.00. The second-order valence-electron chi connectivity index (χ2n) is 5.90. The summed E-state index contributed by atoms with van der Waals surface area (Å²) in [5.41, 5.74) is 1.43. The van der Waals surface area contributed by atoms with E-state index >= 15 is 0 Å². The van der Waals surface area contributed by atoms with Crippen molar-refractivity contribution in [1.29, 1.82) is 0 Å². The molecule has 1 aromatic heterocycles. The highest BCUT2D eigenvalue weighted by Gasteiger charge is 2.35. The summed E-state index contributed by atoms with van der Waals surface area (Å²) in [5.74, 6) is -0.791. The van der Waals surface area contributed by atoms with Gasteiger partial charge in [0.25, 0.3) is 5.91 Å². The Labute approximate surface area is 118 Å². The van der Waals surface area contributed by atoms with E-state index in [1.165, 1.54) is 0 Å². The van der Waals surface area contributed by atoms with Gasteiger partial charge >= 0.3 is 5.97 Å². The number of hydrogen-bond acceptors (Lipinski definition) is 3. The first-order valence-corrected chi connectivity index (χ1v) is 6.94. The van der Waals surface area contributed by atoms with E-state index in [0.717, 1.165) is 12.2 Å². The average molecular weight is 279 g/mol. The van der Waals surface area contributed by atoms with Crippen LogP contribution in [-0.2, 0) is 11.3 Å². The molecule has 0 aromatic carbocycles. The summed E-state index contributed by atoms with van der Waals surface area (Å²) in [6.07, 6.45) is 2.61. The maximum absolute atomic E-state index is 12.1. The molecule has 1 fully saturated rings. The smallest absolute Gasteiger partial charge is 0.306 e. The monoisotopic (exact) mass is 279 g/mol. The normalized spacial score (nSPS) is 21.6. The third-order valence-corrected chi connectivity index (χ3v) is 3.71. The van der Waals surface area contributed by atoms with Gasteiger partial charge in [0.2, 0.25) is 0 Å². The SMILES string of the molecule is Cc1c(C(=O)NC2CC(C(=O)O)C2)cnn1CC(C)C. The minimum atomic E-state index is -0.781. The number of carbonyl (C=O) groups excluding carboxylic acids is 1. The Bertz CT molecular complexity index is 516. The van der Waals surface area contributed by atoms with Gasteiger partial charge in [-0.05, 0) is 25.7 Å². The van der Waals surface area contributed by atoms with Crippen molar-refractivity contribution in [1.82, 2.24) is 15.1 Å². The van der Waals surface area contributed by atoms with Crippen LogP contribution in [0.3, 0.4) is 0 Å². The molecule has 0 aliphatic heterocycles. The summed E-state index contributed by atoms with van der Waals surface area (Å²) in [6, 6.07) is -0.0311. The second-order valence-corrected chi connectivity index (χ2v) is 5.90. The summed E-state index contributed by atoms with van der Waals surface area (Å²) in [4.78, 5) is 22.8. The van der Waals surface area contributed by atoms with Crippen LogP contribution >= 0.6 is 0 Å². The number of carboxylic acids is 1. The molecule has 0 spiro atoms. The fourth-order valence-electron chi connectivity index (χ4n) is 2.40. The van der Waals surface area contributed by atoms with Crippen LogP contribution < -0.4 is 5.32 Å². The molecule has 0 atom stereocenters. The van der Waals surface area contributed by atoms with E-state index in [0.29, 0.717) is 24.3 Å². The van der Waals surface area contributed by atoms with Gasteiger partial charge in [0.15, 0.2) is 0 Å². The number of aliphatic carboxylic acids is 1. The third-order valence-electron chi connectivity index (χ3n) is 3.71. The van der Waals surface area contributed by atoms with Gasteiger partial charge in [0, 0.05) is 18.3 Å². The van der Waals surface area contributed by atoms with Crippen LogP contribution in [-0.4, -0.2) is 32.8 Å². The molecule has 1 aromatic rings. The lowest BCUT2D eigenvalue weighted by Gasteiger charge is -2.32. The van der Waals surface area contributed by atoms with Crippen molar-refractivity contribution in [2.75, 3.05) is 0 Å². The van der Waals surface area contributed by atoms with Crippen molar-refractivity contribution < 1.29 is 14.7 Å². The van der Waals surface area contributed by atoms with E-state index in [1.807, 2.05) is 11.6 Å². The van der Waals surface area contributed by atoms with Gasteiger partial charge in [-0.25, -0.2) is 0 Å². The van der Waals surface area contributed by atoms with Crippen LogP contribution in [0.5, 0.6) is 0 Å². The van der Waals surface area contributed by atoms with E-state index < -0.39 is 5.97 Å². The Hall–Kier alpha value is -1.85. The number of rotatable bonds is 5. The molecule has 1 aliphatic rings. The van der Waals surface area contributed by atoms with Crippen molar-refractivity contribution in [3.05, 3.63) is 17.5 Å². The molecule has 1 heterocycles. The maximum Gasteiger partial charge on any atom is 0.306 e. The Balaban J connectivity index is 1.94. The van der Waals surface area contributed by atoms with Gasteiger partial charge in [0.1, 0.15) is 0 Å². The number of nitrogens with zero attached hydrogens (tertiary/aromatic N) is 2. The van der Waals surface area contributed by atoms with Gasteiger partial charge in [-0.1, -0.05) is 13.8 Å². The first-order valence-electron chi connectivity index (χ1n) is 6.94. The quantitative estimate of drug-likeness (QED) is 0.854. The number of hydrogen-bond donors (Lipinski definition) is 2. The maximum atomic E-state index is 12.1. The Morgan fingerprint density at radius 1 is 1.50 bits per heavy atom. The summed E-state index contributed by atoms with van der Waals surface area (Å²) in [6.45, 7) is 6.86. The first-order chi connectivity index (χ1) is 9.38. The predicted octanol–water partition coefficient (Wildman–Crippen LogP) is 1.44. The number of nitrogens with one attached hydrogen (secondary N) is 1. The molecular formula is C14H21N3O3. The predicted molar refractivity (Wildman–Crippen MR) is 73.4 cm³/mol. The molecule has 6 nitrogen and oxygen atoms in total. The molecule has 0 bridgehead atoms. The molecule has 110 valence electrons. The van der Waals surface area contributed by atoms with Gasteiger partial charge in [-0.2, -0.15) is 5.10 Å². The average Bonchev–Trinajstić information content (AvgIpc) is 2.63. The summed E-state index contributed by atoms with van der Waals surface area (Å²) in [7, 11) is 0. The van der Waals surface area contributed by atoms with E-state index in [2.05, 4.69) is 24.3 Å². The first kappa shape index (κ1) is 14.6. The van der Waals surface area contributed by atoms with Crippen molar-refractivity contribution in [3.8, 4) is 0 Å². The minimum Gasteiger partial charge on any atom is -0.481 e. The Kier molecular flexibility index (Phi) is 4.11. The fraction of sp³-hybridized carbons (Fsp3) is 0.643. The molecule has 0 saturated heterocycles. The molecule has 2 rings (SSSR count). The standard InChI is InChI=1S/C14H21N3O3/c1-8(2)7-17-9(3)12(6-15-17)13(18)16-11-4-10(5-11)14(19)20/h6,8,10-11H,4-5,7H2,1-3H3,(H,16,18)(H,19,20). The summed E-state index contributed by atoms with van der Waals surface area (Å²) < 4.78 is 1.83. The van der Waals surface area contributed by atoms with Crippen LogP contribution in [0.4, 0.5) is 0 Å². The molecule has 0 radical (unpaired) electrons. The van der Waals surface area contributed by atoms with Crippen molar-refractivity contribution in [2.24, 2.45) is 11.8 Å². The Morgan fingerprint density at radius 2 is 2.15 bits per heavy atom. The van der Waals surface area contributed by atoms with Crippen molar-refractivity contribution in [2.45, 2.75) is 46.2 Å². The lowest BCUT2D eigenvalue weighted by atomic mass is 9.80. The fourth-order valence-corrected chi connectivity index (χ4v) is 2.40. The number of amides is 1. The largest absolute Gasteiger partial charge is 0.481 e. The van der Waals surface area contributed by atoms with Crippen LogP contribution in [0.25, 0.3) is 0 Å². The molecule has 1 aliphatic carbocycles. The van der Waals surface area contributed by atoms with Crippen molar-refractivity contribution >= 4 is 11.9 Å².